The van der Waals surface area contributed by atoms with E-state index in [1.165, 1.54) is 0 Å². The second kappa shape index (κ2) is 6.07. The Kier molecular flexibility index (Phi) is 4.42. The average Bonchev–Trinajstić information content (AvgIpc) is 2.42. The van der Waals surface area contributed by atoms with Gasteiger partial charge in [0.2, 0.25) is 0 Å². The zero-order valence-corrected chi connectivity index (χ0v) is 12.1. The minimum Gasteiger partial charge on any atom is -0.505 e. The molecule has 1 heterocycles. The van der Waals surface area contributed by atoms with Crippen molar-refractivity contribution in [2.24, 2.45) is 0 Å². The van der Waals surface area contributed by atoms with Crippen molar-refractivity contribution in [3.05, 3.63) is 35.1 Å². The van der Waals surface area contributed by atoms with Crippen LogP contribution in [-0.4, -0.2) is 48.1 Å². The molecule has 0 bridgehead atoms. The third-order valence-corrected chi connectivity index (χ3v) is 3.19. The molecule has 0 radical (unpaired) electrons. The Hall–Kier alpha value is -1.85. The fourth-order valence-corrected chi connectivity index (χ4v) is 2.09. The van der Waals surface area contributed by atoms with Crippen molar-refractivity contribution in [2.75, 3.05) is 27.2 Å². The van der Waals surface area contributed by atoms with Crippen molar-refractivity contribution < 1.29 is 9.90 Å². The largest absolute Gasteiger partial charge is 0.505 e. The Morgan fingerprint density at radius 2 is 2.00 bits per heavy atom. The lowest BCUT2D eigenvalue weighted by atomic mass is 10.1. The molecule has 0 aliphatic rings. The van der Waals surface area contributed by atoms with Crippen LogP contribution in [0.4, 0.5) is 0 Å². The van der Waals surface area contributed by atoms with E-state index in [4.69, 9.17) is 11.6 Å². The lowest BCUT2D eigenvalue weighted by Gasteiger charge is -2.12. The number of nitrogens with one attached hydrogen (secondary N) is 1. The topological polar surface area (TPSA) is 65.5 Å². The molecule has 0 spiro atoms. The highest BCUT2D eigenvalue weighted by molar-refractivity contribution is 6.34. The summed E-state index contributed by atoms with van der Waals surface area (Å²) in [6, 6.07) is 7.02. The molecule has 0 saturated carbocycles. The number of pyridine rings is 1. The monoisotopic (exact) mass is 293 g/mol. The third-order valence-electron chi connectivity index (χ3n) is 2.90. The second-order valence-corrected chi connectivity index (χ2v) is 5.06. The Labute approximate surface area is 122 Å². The zero-order valence-electron chi connectivity index (χ0n) is 11.4. The highest BCUT2D eigenvalue weighted by Gasteiger charge is 2.17. The standard InChI is InChI=1S/C14H16ClN3O2/c1-18(2)8-7-16-14(20)11-12(19)9-5-3-4-6-10(9)13(15)17-11/h3-6,19H,7-8H2,1-2H3,(H,16,20). The van der Waals surface area contributed by atoms with Crippen LogP contribution in [0, 0.1) is 0 Å². The molecule has 0 atom stereocenters. The van der Waals surface area contributed by atoms with Gasteiger partial charge in [-0.05, 0) is 14.1 Å². The molecule has 5 nitrogen and oxygen atoms in total. The summed E-state index contributed by atoms with van der Waals surface area (Å²) < 4.78 is 0. The summed E-state index contributed by atoms with van der Waals surface area (Å²) >= 11 is 6.05. The Balaban J connectivity index is 2.30. The Morgan fingerprint density at radius 1 is 1.35 bits per heavy atom. The summed E-state index contributed by atoms with van der Waals surface area (Å²) in [4.78, 5) is 18.0. The summed E-state index contributed by atoms with van der Waals surface area (Å²) in [7, 11) is 3.82. The zero-order chi connectivity index (χ0) is 14.7. The van der Waals surface area contributed by atoms with Gasteiger partial charge in [0.05, 0.1) is 0 Å². The number of benzene rings is 1. The number of amides is 1. The highest BCUT2D eigenvalue weighted by Crippen LogP contribution is 2.31. The maximum absolute atomic E-state index is 12.0. The molecule has 0 aliphatic heterocycles. The van der Waals surface area contributed by atoms with Gasteiger partial charge in [0.15, 0.2) is 11.4 Å². The first-order valence-corrected chi connectivity index (χ1v) is 6.58. The number of halogens is 1. The minimum atomic E-state index is -0.433. The second-order valence-electron chi connectivity index (χ2n) is 4.70. The first-order valence-electron chi connectivity index (χ1n) is 6.21. The number of aromatic nitrogens is 1. The molecular formula is C14H16ClN3O2. The van der Waals surface area contributed by atoms with Crippen LogP contribution in [0.3, 0.4) is 0 Å². The van der Waals surface area contributed by atoms with Gasteiger partial charge < -0.3 is 15.3 Å². The van der Waals surface area contributed by atoms with Gasteiger partial charge in [-0.3, -0.25) is 4.79 Å². The lowest BCUT2D eigenvalue weighted by Crippen LogP contribution is -2.31. The predicted molar refractivity (Wildman–Crippen MR) is 79.3 cm³/mol. The van der Waals surface area contributed by atoms with Gasteiger partial charge >= 0.3 is 0 Å². The van der Waals surface area contributed by atoms with Gasteiger partial charge in [-0.1, -0.05) is 35.9 Å². The van der Waals surface area contributed by atoms with Crippen LogP contribution in [0.5, 0.6) is 5.75 Å². The molecule has 0 unspecified atom stereocenters. The van der Waals surface area contributed by atoms with E-state index in [-0.39, 0.29) is 16.6 Å². The molecule has 2 rings (SSSR count). The van der Waals surface area contributed by atoms with Crippen molar-refractivity contribution >= 4 is 28.3 Å². The predicted octanol–water partition coefficient (Wildman–Crippen LogP) is 1.89. The third kappa shape index (κ3) is 3.00. The minimum absolute atomic E-state index is 0.0487. The molecule has 1 amide bonds. The molecule has 2 N–H and O–H groups in total. The fraction of sp³-hybridized carbons (Fsp3) is 0.286. The number of hydrogen-bond donors (Lipinski definition) is 2. The number of likely N-dealkylation sites (N-methyl/N-ethyl adjacent to an activating group) is 1. The molecule has 20 heavy (non-hydrogen) atoms. The lowest BCUT2D eigenvalue weighted by molar-refractivity contribution is 0.0943. The van der Waals surface area contributed by atoms with Crippen LogP contribution >= 0.6 is 11.6 Å². The summed E-state index contributed by atoms with van der Waals surface area (Å²) in [6.45, 7) is 1.17. The van der Waals surface area contributed by atoms with Gasteiger partial charge in [-0.2, -0.15) is 0 Å². The first-order chi connectivity index (χ1) is 9.50. The van der Waals surface area contributed by atoms with Gasteiger partial charge in [0.1, 0.15) is 5.15 Å². The average molecular weight is 294 g/mol. The highest BCUT2D eigenvalue weighted by atomic mass is 35.5. The number of hydrogen-bond acceptors (Lipinski definition) is 4. The summed E-state index contributed by atoms with van der Waals surface area (Å²) in [5.41, 5.74) is -0.0487. The van der Waals surface area contributed by atoms with Crippen molar-refractivity contribution in [2.45, 2.75) is 0 Å². The molecule has 6 heteroatoms. The number of carbonyl (C=O) groups is 1. The summed E-state index contributed by atoms with van der Waals surface area (Å²) in [5.74, 6) is -0.579. The van der Waals surface area contributed by atoms with E-state index in [0.717, 1.165) is 0 Å². The molecule has 2 aromatic rings. The molecule has 1 aromatic heterocycles. The van der Waals surface area contributed by atoms with E-state index in [1.54, 1.807) is 24.3 Å². The van der Waals surface area contributed by atoms with Gasteiger partial charge in [-0.25, -0.2) is 4.98 Å². The van der Waals surface area contributed by atoms with E-state index in [2.05, 4.69) is 10.3 Å². The maximum atomic E-state index is 12.0. The molecule has 106 valence electrons. The van der Waals surface area contributed by atoms with Crippen LogP contribution in [0.2, 0.25) is 5.15 Å². The molecular weight excluding hydrogens is 278 g/mol. The van der Waals surface area contributed by atoms with E-state index in [9.17, 15) is 9.90 Å². The normalized spacial score (nSPS) is 11.0. The number of rotatable bonds is 4. The van der Waals surface area contributed by atoms with Gasteiger partial charge in [0.25, 0.3) is 5.91 Å². The van der Waals surface area contributed by atoms with Gasteiger partial charge in [-0.15, -0.1) is 0 Å². The fourth-order valence-electron chi connectivity index (χ4n) is 1.84. The van der Waals surface area contributed by atoms with Crippen molar-refractivity contribution in [3.8, 4) is 5.75 Å². The van der Waals surface area contributed by atoms with E-state index in [0.29, 0.717) is 23.9 Å². The quantitative estimate of drug-likeness (QED) is 0.845. The van der Waals surface area contributed by atoms with Crippen LogP contribution in [0.15, 0.2) is 24.3 Å². The number of nitrogens with zero attached hydrogens (tertiary/aromatic N) is 2. The molecule has 0 aliphatic carbocycles. The number of carbonyl (C=O) groups excluding carboxylic acids is 1. The van der Waals surface area contributed by atoms with E-state index >= 15 is 0 Å². The smallest absolute Gasteiger partial charge is 0.273 e. The van der Waals surface area contributed by atoms with Crippen molar-refractivity contribution in [1.82, 2.24) is 15.2 Å². The SMILES string of the molecule is CN(C)CCNC(=O)c1nc(Cl)c2ccccc2c1O. The van der Waals surface area contributed by atoms with Crippen LogP contribution in [0.1, 0.15) is 10.5 Å². The molecule has 0 fully saturated rings. The summed E-state index contributed by atoms with van der Waals surface area (Å²) in [5, 5.41) is 14.2. The van der Waals surface area contributed by atoms with E-state index in [1.807, 2.05) is 19.0 Å². The molecule has 0 saturated heterocycles. The Bertz CT molecular complexity index is 644. The van der Waals surface area contributed by atoms with Crippen molar-refractivity contribution in [1.29, 1.82) is 0 Å². The van der Waals surface area contributed by atoms with Crippen LogP contribution in [0.25, 0.3) is 10.8 Å². The summed E-state index contributed by atoms with van der Waals surface area (Å²) in [6.07, 6.45) is 0. The van der Waals surface area contributed by atoms with Gasteiger partial charge in [0, 0.05) is 23.9 Å². The Morgan fingerprint density at radius 3 is 2.65 bits per heavy atom. The number of fused-ring (bicyclic) bond motifs is 1. The molecule has 1 aromatic carbocycles. The number of aromatic hydroxyl groups is 1. The van der Waals surface area contributed by atoms with E-state index < -0.39 is 5.91 Å². The maximum Gasteiger partial charge on any atom is 0.273 e. The van der Waals surface area contributed by atoms with Crippen molar-refractivity contribution in [3.63, 3.8) is 0 Å². The van der Waals surface area contributed by atoms with Crippen LogP contribution < -0.4 is 5.32 Å². The first kappa shape index (κ1) is 14.6. The van der Waals surface area contributed by atoms with Crippen LogP contribution in [-0.2, 0) is 0 Å².